The molecule has 0 radical (unpaired) electrons. The number of methoxy groups -OCH3 is 2. The van der Waals surface area contributed by atoms with Crippen LogP contribution in [0.3, 0.4) is 0 Å². The Morgan fingerprint density at radius 1 is 1.23 bits per heavy atom. The van der Waals surface area contributed by atoms with Gasteiger partial charge < -0.3 is 14.2 Å². The number of aromatic nitrogens is 1. The number of nitrogens with zero attached hydrogens (tertiary/aromatic N) is 1. The Kier molecular flexibility index (Phi) is 3.70. The molecular weight excluding hydrogens is 358 g/mol. The van der Waals surface area contributed by atoms with Gasteiger partial charge in [0, 0.05) is 23.7 Å². The summed E-state index contributed by atoms with van der Waals surface area (Å²) < 4.78 is 16.6. The van der Waals surface area contributed by atoms with Crippen LogP contribution in [0, 0.1) is 5.92 Å². The summed E-state index contributed by atoms with van der Waals surface area (Å²) >= 11 is 6.37. The van der Waals surface area contributed by atoms with Gasteiger partial charge in [-0.25, -0.2) is 0 Å². The maximum absolute atomic E-state index is 13.4. The van der Waals surface area contributed by atoms with Gasteiger partial charge >= 0.3 is 0 Å². The van der Waals surface area contributed by atoms with E-state index < -0.39 is 23.1 Å². The first-order chi connectivity index (χ1) is 12.5. The van der Waals surface area contributed by atoms with E-state index in [0.717, 1.165) is 0 Å². The fourth-order valence-electron chi connectivity index (χ4n) is 3.74. The predicted molar refractivity (Wildman–Crippen MR) is 93.7 cm³/mol. The van der Waals surface area contributed by atoms with E-state index in [-0.39, 0.29) is 22.1 Å². The fourth-order valence-corrected chi connectivity index (χ4v) is 4.01. The minimum absolute atomic E-state index is 0.125. The molecule has 2 heterocycles. The Morgan fingerprint density at radius 3 is 2.65 bits per heavy atom. The van der Waals surface area contributed by atoms with E-state index in [1.54, 1.807) is 25.3 Å². The molecule has 7 heteroatoms. The smallest absolute Gasteiger partial charge is 0.236 e. The number of fused-ring (bicyclic) bond motifs is 2. The van der Waals surface area contributed by atoms with Crippen molar-refractivity contribution in [2.24, 2.45) is 5.92 Å². The molecule has 1 aliphatic heterocycles. The normalized spacial score (nSPS) is 23.5. The van der Waals surface area contributed by atoms with E-state index in [1.807, 2.05) is 0 Å². The van der Waals surface area contributed by atoms with Gasteiger partial charge in [-0.2, -0.15) is 0 Å². The molecular formula is C19H16ClNO5. The largest absolute Gasteiger partial charge is 0.496 e. The zero-order chi connectivity index (χ0) is 18.6. The van der Waals surface area contributed by atoms with Crippen molar-refractivity contribution in [3.05, 3.63) is 46.2 Å². The van der Waals surface area contributed by atoms with Crippen LogP contribution in [-0.2, 0) is 6.42 Å². The Labute approximate surface area is 155 Å². The van der Waals surface area contributed by atoms with Crippen molar-refractivity contribution < 1.29 is 23.8 Å². The van der Waals surface area contributed by atoms with Gasteiger partial charge in [0.1, 0.15) is 22.1 Å². The second kappa shape index (κ2) is 5.71. The van der Waals surface area contributed by atoms with Crippen LogP contribution in [0.2, 0.25) is 5.02 Å². The van der Waals surface area contributed by atoms with E-state index >= 15 is 0 Å². The molecule has 0 bridgehead atoms. The number of carbonyl (C=O) groups is 2. The van der Waals surface area contributed by atoms with E-state index in [4.69, 9.17) is 25.8 Å². The number of carbonyl (C=O) groups excluding carboxylic acids is 2. The fraction of sp³-hybridized carbons (Fsp3) is 0.316. The monoisotopic (exact) mass is 373 g/mol. The summed E-state index contributed by atoms with van der Waals surface area (Å²) in [5, 5.41) is 0.144. The van der Waals surface area contributed by atoms with Crippen LogP contribution >= 0.6 is 11.6 Å². The molecule has 0 fully saturated rings. The molecule has 2 atom stereocenters. The molecule has 0 saturated heterocycles. The number of ether oxygens (including phenoxy) is 3. The second-order valence-corrected chi connectivity index (χ2v) is 6.78. The SMILES string of the molecule is COc1cc(OC)c2c(c1Cl)O[C@@]1(C(=O)c3cccnc3C[C@H]1C)C2=O. The van der Waals surface area contributed by atoms with Gasteiger partial charge in [0.15, 0.2) is 5.75 Å². The highest BCUT2D eigenvalue weighted by molar-refractivity contribution is 6.36. The Bertz CT molecular complexity index is 957. The van der Waals surface area contributed by atoms with Gasteiger partial charge in [-0.05, 0) is 18.6 Å². The zero-order valence-corrected chi connectivity index (χ0v) is 15.2. The first-order valence-electron chi connectivity index (χ1n) is 8.12. The third-order valence-corrected chi connectivity index (χ3v) is 5.44. The lowest BCUT2D eigenvalue weighted by Crippen LogP contribution is -2.56. The van der Waals surface area contributed by atoms with E-state index in [2.05, 4.69) is 4.98 Å². The molecule has 6 nitrogen and oxygen atoms in total. The predicted octanol–water partition coefficient (Wildman–Crippen LogP) is 3.14. The lowest BCUT2D eigenvalue weighted by atomic mass is 9.71. The third-order valence-electron chi connectivity index (χ3n) is 5.08. The van der Waals surface area contributed by atoms with Crippen molar-refractivity contribution in [1.82, 2.24) is 4.98 Å². The Morgan fingerprint density at radius 2 is 1.96 bits per heavy atom. The van der Waals surface area contributed by atoms with Crippen LogP contribution in [0.15, 0.2) is 24.4 Å². The summed E-state index contributed by atoms with van der Waals surface area (Å²) in [5.41, 5.74) is -0.431. The molecule has 0 saturated carbocycles. The first-order valence-corrected chi connectivity index (χ1v) is 8.50. The molecule has 1 aliphatic carbocycles. The molecule has 2 aliphatic rings. The zero-order valence-electron chi connectivity index (χ0n) is 14.5. The van der Waals surface area contributed by atoms with Gasteiger partial charge in [-0.1, -0.05) is 18.5 Å². The van der Waals surface area contributed by atoms with E-state index in [9.17, 15) is 9.59 Å². The minimum Gasteiger partial charge on any atom is -0.496 e. The molecule has 1 aromatic carbocycles. The molecule has 0 amide bonds. The number of ketones is 2. The summed E-state index contributed by atoms with van der Waals surface area (Å²) in [7, 11) is 2.89. The topological polar surface area (TPSA) is 74.7 Å². The maximum atomic E-state index is 13.4. The molecule has 1 spiro atoms. The van der Waals surface area contributed by atoms with Crippen molar-refractivity contribution >= 4 is 23.2 Å². The summed E-state index contributed by atoms with van der Waals surface area (Å²) in [6.45, 7) is 1.80. The average molecular weight is 374 g/mol. The Balaban J connectivity index is 1.94. The van der Waals surface area contributed by atoms with E-state index in [0.29, 0.717) is 23.4 Å². The van der Waals surface area contributed by atoms with E-state index in [1.165, 1.54) is 20.3 Å². The summed E-state index contributed by atoms with van der Waals surface area (Å²) in [4.78, 5) is 31.0. The van der Waals surface area contributed by atoms with Gasteiger partial charge in [0.05, 0.1) is 19.9 Å². The lowest BCUT2D eigenvalue weighted by molar-refractivity contribution is 0.0257. The third kappa shape index (κ3) is 1.96. The van der Waals surface area contributed by atoms with Crippen molar-refractivity contribution in [2.45, 2.75) is 18.9 Å². The van der Waals surface area contributed by atoms with Crippen LogP contribution < -0.4 is 14.2 Å². The van der Waals surface area contributed by atoms with Crippen molar-refractivity contribution in [3.8, 4) is 17.2 Å². The molecule has 134 valence electrons. The number of pyridine rings is 1. The molecule has 0 unspecified atom stereocenters. The quantitative estimate of drug-likeness (QED) is 0.753. The van der Waals surface area contributed by atoms with Gasteiger partial charge in [0.2, 0.25) is 17.2 Å². The van der Waals surface area contributed by atoms with Crippen LogP contribution in [0.5, 0.6) is 17.2 Å². The second-order valence-electron chi connectivity index (χ2n) is 6.40. The number of hydrogen-bond donors (Lipinski definition) is 0. The highest BCUT2D eigenvalue weighted by Crippen LogP contribution is 2.53. The summed E-state index contributed by atoms with van der Waals surface area (Å²) in [6, 6.07) is 4.86. The highest BCUT2D eigenvalue weighted by Gasteiger charge is 2.61. The number of hydrogen-bond acceptors (Lipinski definition) is 6. The lowest BCUT2D eigenvalue weighted by Gasteiger charge is -2.35. The van der Waals surface area contributed by atoms with Crippen LogP contribution in [0.25, 0.3) is 0 Å². The summed E-state index contributed by atoms with van der Waals surface area (Å²) in [5.74, 6) is -0.562. The first kappa shape index (κ1) is 16.8. The van der Waals surface area contributed by atoms with Gasteiger partial charge in [-0.3, -0.25) is 14.6 Å². The molecule has 2 aromatic rings. The minimum atomic E-state index is -1.67. The van der Waals surface area contributed by atoms with Crippen LogP contribution in [-0.4, -0.2) is 36.4 Å². The molecule has 26 heavy (non-hydrogen) atoms. The summed E-state index contributed by atoms with van der Waals surface area (Å²) in [6.07, 6.45) is 2.08. The van der Waals surface area contributed by atoms with Crippen molar-refractivity contribution in [3.63, 3.8) is 0 Å². The molecule has 1 aromatic heterocycles. The van der Waals surface area contributed by atoms with Crippen molar-refractivity contribution in [1.29, 1.82) is 0 Å². The molecule has 0 N–H and O–H groups in total. The van der Waals surface area contributed by atoms with Crippen LogP contribution in [0.1, 0.15) is 33.3 Å². The number of halogens is 1. The van der Waals surface area contributed by atoms with Gasteiger partial charge in [-0.15, -0.1) is 0 Å². The van der Waals surface area contributed by atoms with Gasteiger partial charge in [0.25, 0.3) is 0 Å². The maximum Gasteiger partial charge on any atom is 0.236 e. The number of Topliss-reactive ketones (excluding diaryl/α,β-unsaturated/α-hetero) is 2. The highest BCUT2D eigenvalue weighted by atomic mass is 35.5. The number of rotatable bonds is 2. The van der Waals surface area contributed by atoms with Crippen molar-refractivity contribution in [2.75, 3.05) is 14.2 Å². The Hall–Kier alpha value is -2.60. The van der Waals surface area contributed by atoms with Crippen LogP contribution in [0.4, 0.5) is 0 Å². The number of benzene rings is 1. The molecule has 4 rings (SSSR count). The standard InChI is InChI=1S/C19H16ClNO5/c1-9-7-11-10(5-4-6-21-11)17(22)19(9)18(23)14-12(24-2)8-13(25-3)15(20)16(14)26-19/h4-6,8-9H,7H2,1-3H3/t9-,19+/m1/s1. The average Bonchev–Trinajstić information content (AvgIpc) is 2.96.